The molecular weight excluding hydrogens is 292 g/mol. The van der Waals surface area contributed by atoms with Gasteiger partial charge in [-0.25, -0.2) is 0 Å². The zero-order valence-corrected chi connectivity index (χ0v) is 12.9. The van der Waals surface area contributed by atoms with Crippen LogP contribution in [0.5, 0.6) is 0 Å². The van der Waals surface area contributed by atoms with Gasteiger partial charge in [-0.2, -0.15) is 5.10 Å². The van der Waals surface area contributed by atoms with Gasteiger partial charge in [0.15, 0.2) is 0 Å². The molecule has 0 N–H and O–H groups in total. The van der Waals surface area contributed by atoms with Gasteiger partial charge in [-0.3, -0.25) is 5.01 Å². The number of unbranched alkanes of at least 4 members (excludes halogenated alkanes) is 4. The molecule has 0 bridgehead atoms. The molecule has 4 heteroatoms. The highest BCUT2D eigenvalue weighted by molar-refractivity contribution is 9.10. The highest BCUT2D eigenvalue weighted by atomic mass is 79.9. The Morgan fingerprint density at radius 3 is 2.61 bits per heavy atom. The smallest absolute Gasteiger partial charge is 0.0713 e. The number of alkyl halides is 1. The van der Waals surface area contributed by atoms with Gasteiger partial charge in [-0.1, -0.05) is 42.1 Å². The number of ether oxygens (including phenoxy) is 1. The molecule has 0 radical (unpaired) electrons. The molecule has 1 rings (SSSR count). The van der Waals surface area contributed by atoms with Crippen LogP contribution in [0.25, 0.3) is 0 Å². The van der Waals surface area contributed by atoms with Gasteiger partial charge in [0.25, 0.3) is 0 Å². The van der Waals surface area contributed by atoms with E-state index in [4.69, 9.17) is 4.74 Å². The monoisotopic (exact) mass is 316 g/mol. The van der Waals surface area contributed by atoms with E-state index in [9.17, 15) is 0 Å². The fourth-order valence-electron chi connectivity index (χ4n) is 1.76. The first kappa shape index (κ1) is 15.7. The summed E-state index contributed by atoms with van der Waals surface area (Å²) >= 11 is 3.46. The minimum absolute atomic E-state index is 0.292. The Balaban J connectivity index is 1.84. The van der Waals surface area contributed by atoms with Crippen molar-refractivity contribution in [2.75, 3.05) is 19.8 Å². The second kappa shape index (κ2) is 10.6. The minimum atomic E-state index is 0.292. The molecule has 1 heterocycles. The molecule has 1 atom stereocenters. The van der Waals surface area contributed by atoms with E-state index in [-0.39, 0.29) is 0 Å². The van der Waals surface area contributed by atoms with Crippen LogP contribution in [0.1, 0.15) is 45.4 Å². The lowest BCUT2D eigenvalue weighted by molar-refractivity contribution is 0.124. The SMILES string of the molecule is CCCCCCOCCCCN1C=CC(Br)C=N1. The maximum atomic E-state index is 5.60. The molecule has 0 spiro atoms. The number of halogens is 1. The van der Waals surface area contributed by atoms with E-state index in [0.717, 1.165) is 32.6 Å². The summed E-state index contributed by atoms with van der Waals surface area (Å²) in [6.45, 7) is 5.02. The molecule has 3 nitrogen and oxygen atoms in total. The maximum Gasteiger partial charge on any atom is 0.0713 e. The van der Waals surface area contributed by atoms with E-state index in [0.29, 0.717) is 4.83 Å². The number of hydrazone groups is 1. The van der Waals surface area contributed by atoms with E-state index in [1.165, 1.54) is 25.7 Å². The molecule has 104 valence electrons. The van der Waals surface area contributed by atoms with Crippen LogP contribution in [0.3, 0.4) is 0 Å². The summed E-state index contributed by atoms with van der Waals surface area (Å²) in [6.07, 6.45) is 13.4. The lowest BCUT2D eigenvalue weighted by Crippen LogP contribution is -2.18. The number of hydrogen-bond donors (Lipinski definition) is 0. The molecule has 0 aromatic carbocycles. The first-order chi connectivity index (χ1) is 8.83. The summed E-state index contributed by atoms with van der Waals surface area (Å²) in [6, 6.07) is 0. The maximum absolute atomic E-state index is 5.60. The number of rotatable bonds is 10. The van der Waals surface area contributed by atoms with Crippen LogP contribution in [-0.4, -0.2) is 35.8 Å². The molecule has 1 aliphatic rings. The summed E-state index contributed by atoms with van der Waals surface area (Å²) in [5, 5.41) is 6.30. The molecule has 18 heavy (non-hydrogen) atoms. The normalized spacial score (nSPS) is 18.6. The Morgan fingerprint density at radius 1 is 1.17 bits per heavy atom. The van der Waals surface area contributed by atoms with Gasteiger partial charge in [0.1, 0.15) is 0 Å². The fraction of sp³-hybridized carbons (Fsp3) is 0.786. The van der Waals surface area contributed by atoms with Gasteiger partial charge in [-0.15, -0.1) is 0 Å². The second-order valence-corrected chi connectivity index (χ2v) is 5.65. The summed E-state index contributed by atoms with van der Waals surface area (Å²) in [4.78, 5) is 0.292. The van der Waals surface area contributed by atoms with E-state index in [1.54, 1.807) is 0 Å². The van der Waals surface area contributed by atoms with Crippen molar-refractivity contribution in [3.8, 4) is 0 Å². The van der Waals surface area contributed by atoms with Crippen molar-refractivity contribution < 1.29 is 4.74 Å². The van der Waals surface area contributed by atoms with Crippen LogP contribution in [-0.2, 0) is 4.74 Å². The highest BCUT2D eigenvalue weighted by Gasteiger charge is 2.03. The number of hydrogen-bond acceptors (Lipinski definition) is 3. The topological polar surface area (TPSA) is 24.8 Å². The van der Waals surface area contributed by atoms with Crippen LogP contribution >= 0.6 is 15.9 Å². The van der Waals surface area contributed by atoms with Gasteiger partial charge >= 0.3 is 0 Å². The van der Waals surface area contributed by atoms with Crippen molar-refractivity contribution in [2.24, 2.45) is 5.10 Å². The molecule has 0 saturated carbocycles. The first-order valence-electron chi connectivity index (χ1n) is 7.04. The van der Waals surface area contributed by atoms with Crippen LogP contribution < -0.4 is 0 Å². The highest BCUT2D eigenvalue weighted by Crippen LogP contribution is 2.08. The summed E-state index contributed by atoms with van der Waals surface area (Å²) in [5.41, 5.74) is 0. The Kier molecular flexibility index (Phi) is 9.22. The zero-order valence-electron chi connectivity index (χ0n) is 11.4. The molecule has 1 aliphatic heterocycles. The number of nitrogens with zero attached hydrogens (tertiary/aromatic N) is 2. The quantitative estimate of drug-likeness (QED) is 0.450. The van der Waals surface area contributed by atoms with Crippen molar-refractivity contribution >= 4 is 22.1 Å². The Labute approximate surface area is 119 Å². The predicted octanol–water partition coefficient (Wildman–Crippen LogP) is 3.94. The average Bonchev–Trinajstić information content (AvgIpc) is 2.39. The van der Waals surface area contributed by atoms with Gasteiger partial charge in [-0.05, 0) is 25.3 Å². The van der Waals surface area contributed by atoms with Crippen molar-refractivity contribution in [2.45, 2.75) is 50.3 Å². The molecule has 1 unspecified atom stereocenters. The standard InChI is InChI=1S/C14H25BrN2O/c1-2-3-4-6-11-18-12-7-5-9-17-10-8-14(15)13-16-17/h8,10,13-14H,2-7,9,11-12H2,1H3. The van der Waals surface area contributed by atoms with Crippen LogP contribution in [0.4, 0.5) is 0 Å². The van der Waals surface area contributed by atoms with Gasteiger partial charge in [0, 0.05) is 32.2 Å². The van der Waals surface area contributed by atoms with E-state index < -0.39 is 0 Å². The van der Waals surface area contributed by atoms with E-state index in [1.807, 2.05) is 17.4 Å². The van der Waals surface area contributed by atoms with Gasteiger partial charge in [0.2, 0.25) is 0 Å². The third kappa shape index (κ3) is 7.88. The summed E-state index contributed by atoms with van der Waals surface area (Å²) in [5.74, 6) is 0. The lowest BCUT2D eigenvalue weighted by Gasteiger charge is -2.17. The molecule has 0 aromatic rings. The predicted molar refractivity (Wildman–Crippen MR) is 81.2 cm³/mol. The van der Waals surface area contributed by atoms with Crippen molar-refractivity contribution in [3.05, 3.63) is 12.3 Å². The first-order valence-corrected chi connectivity index (χ1v) is 7.95. The van der Waals surface area contributed by atoms with Crippen LogP contribution in [0, 0.1) is 0 Å². The molecule has 0 fully saturated rings. The van der Waals surface area contributed by atoms with Gasteiger partial charge in [0.05, 0.1) is 4.83 Å². The summed E-state index contributed by atoms with van der Waals surface area (Å²) < 4.78 is 5.60. The Morgan fingerprint density at radius 2 is 1.94 bits per heavy atom. The zero-order chi connectivity index (χ0) is 13.1. The Hall–Kier alpha value is -0.350. The average molecular weight is 317 g/mol. The molecular formula is C14H25BrN2O. The van der Waals surface area contributed by atoms with Crippen molar-refractivity contribution in [3.63, 3.8) is 0 Å². The van der Waals surface area contributed by atoms with Crippen molar-refractivity contribution in [1.82, 2.24) is 5.01 Å². The lowest BCUT2D eigenvalue weighted by atomic mass is 10.2. The third-order valence-electron chi connectivity index (χ3n) is 2.87. The summed E-state index contributed by atoms with van der Waals surface area (Å²) in [7, 11) is 0. The molecule has 0 aromatic heterocycles. The third-order valence-corrected chi connectivity index (χ3v) is 3.41. The van der Waals surface area contributed by atoms with E-state index in [2.05, 4.69) is 34.0 Å². The Bertz CT molecular complexity index is 242. The van der Waals surface area contributed by atoms with E-state index >= 15 is 0 Å². The molecule has 0 amide bonds. The molecule has 0 aliphatic carbocycles. The van der Waals surface area contributed by atoms with Crippen LogP contribution in [0.2, 0.25) is 0 Å². The molecule has 0 saturated heterocycles. The minimum Gasteiger partial charge on any atom is -0.381 e. The van der Waals surface area contributed by atoms with Crippen molar-refractivity contribution in [1.29, 1.82) is 0 Å². The van der Waals surface area contributed by atoms with Crippen LogP contribution in [0.15, 0.2) is 17.4 Å². The van der Waals surface area contributed by atoms with Gasteiger partial charge < -0.3 is 4.74 Å². The largest absolute Gasteiger partial charge is 0.381 e. The fourth-order valence-corrected chi connectivity index (χ4v) is 2.00. The second-order valence-electron chi connectivity index (χ2n) is 4.59. The number of allylic oxidation sites excluding steroid dienone is 1.